The van der Waals surface area contributed by atoms with Gasteiger partial charge < -0.3 is 10.0 Å². The summed E-state index contributed by atoms with van der Waals surface area (Å²) in [5.41, 5.74) is 0. The van der Waals surface area contributed by atoms with Gasteiger partial charge in [0, 0.05) is 12.1 Å². The summed E-state index contributed by atoms with van der Waals surface area (Å²) >= 11 is 0. The van der Waals surface area contributed by atoms with E-state index in [1.54, 1.807) is 0 Å². The van der Waals surface area contributed by atoms with E-state index in [4.69, 9.17) is 0 Å². The van der Waals surface area contributed by atoms with Gasteiger partial charge >= 0.3 is 0 Å². The predicted octanol–water partition coefficient (Wildman–Crippen LogP) is 1.11. The number of rotatable bonds is 1. The van der Waals surface area contributed by atoms with Crippen LogP contribution in [0, 0.1) is 5.82 Å². The maximum absolute atomic E-state index is 12.7. The third-order valence-corrected chi connectivity index (χ3v) is 3.55. The molecule has 2 saturated heterocycles. The first kappa shape index (κ1) is 9.96. The Kier molecular flexibility index (Phi) is 2.28. The number of hydrogen-bond acceptors (Lipinski definition) is 4. The number of piperidine rings is 1. The smallest absolute Gasteiger partial charge is 0.225 e. The first-order chi connectivity index (χ1) is 7.74. The Hall–Kier alpha value is -1.23. The minimum atomic E-state index is -0.409. The summed E-state index contributed by atoms with van der Waals surface area (Å²) in [5.74, 6) is 0.189. The van der Waals surface area contributed by atoms with E-state index in [2.05, 4.69) is 14.9 Å². The number of anilines is 1. The summed E-state index contributed by atoms with van der Waals surface area (Å²) in [7, 11) is 0. The Morgan fingerprint density at radius 3 is 2.31 bits per heavy atom. The molecule has 2 aliphatic rings. The standard InChI is InChI=1S/C11H14FN3O/c12-7-5-13-11(14-6-7)15-8-1-2-9(15)4-10(16)3-8/h5-6,8-10,16H,1-4H2. The highest BCUT2D eigenvalue weighted by atomic mass is 19.1. The fourth-order valence-electron chi connectivity index (χ4n) is 2.91. The van der Waals surface area contributed by atoms with Gasteiger partial charge in [-0.05, 0) is 25.7 Å². The molecule has 2 aliphatic heterocycles. The van der Waals surface area contributed by atoms with Crippen molar-refractivity contribution in [1.29, 1.82) is 0 Å². The Morgan fingerprint density at radius 2 is 1.75 bits per heavy atom. The van der Waals surface area contributed by atoms with E-state index in [1.807, 2.05) is 0 Å². The highest BCUT2D eigenvalue weighted by molar-refractivity contribution is 5.36. The van der Waals surface area contributed by atoms with Crippen molar-refractivity contribution in [3.05, 3.63) is 18.2 Å². The van der Waals surface area contributed by atoms with E-state index < -0.39 is 5.82 Å². The van der Waals surface area contributed by atoms with Gasteiger partial charge in [0.15, 0.2) is 5.82 Å². The van der Waals surface area contributed by atoms with Crippen LogP contribution >= 0.6 is 0 Å². The summed E-state index contributed by atoms with van der Waals surface area (Å²) in [6.45, 7) is 0. The molecule has 1 N–H and O–H groups in total. The Morgan fingerprint density at radius 1 is 1.19 bits per heavy atom. The number of aromatic nitrogens is 2. The van der Waals surface area contributed by atoms with Gasteiger partial charge in [-0.3, -0.25) is 0 Å². The molecule has 1 aromatic heterocycles. The summed E-state index contributed by atoms with van der Waals surface area (Å²) in [4.78, 5) is 10.2. The van der Waals surface area contributed by atoms with E-state index in [1.165, 1.54) is 12.4 Å². The normalized spacial score (nSPS) is 33.1. The third-order valence-electron chi connectivity index (χ3n) is 3.55. The Balaban J connectivity index is 1.88. The molecule has 3 rings (SSSR count). The van der Waals surface area contributed by atoms with E-state index in [0.29, 0.717) is 18.0 Å². The van der Waals surface area contributed by atoms with Gasteiger partial charge in [0.2, 0.25) is 5.95 Å². The van der Waals surface area contributed by atoms with Crippen molar-refractivity contribution in [2.75, 3.05) is 4.90 Å². The van der Waals surface area contributed by atoms with Crippen molar-refractivity contribution in [3.63, 3.8) is 0 Å². The molecular weight excluding hydrogens is 209 g/mol. The number of aliphatic hydroxyl groups excluding tert-OH is 1. The summed E-state index contributed by atoms with van der Waals surface area (Å²) in [6.07, 6.45) is 5.90. The van der Waals surface area contributed by atoms with Gasteiger partial charge in [0.05, 0.1) is 18.5 Å². The number of halogens is 1. The van der Waals surface area contributed by atoms with Crippen LogP contribution in [0.5, 0.6) is 0 Å². The molecule has 2 bridgehead atoms. The van der Waals surface area contributed by atoms with Crippen LogP contribution in [-0.2, 0) is 0 Å². The van der Waals surface area contributed by atoms with E-state index >= 15 is 0 Å². The van der Waals surface area contributed by atoms with Crippen molar-refractivity contribution in [2.45, 2.75) is 43.9 Å². The van der Waals surface area contributed by atoms with Gasteiger partial charge in [-0.1, -0.05) is 0 Å². The Bertz CT molecular complexity index is 369. The molecule has 2 fully saturated rings. The minimum Gasteiger partial charge on any atom is -0.393 e. The molecule has 0 amide bonds. The van der Waals surface area contributed by atoms with E-state index in [0.717, 1.165) is 25.7 Å². The van der Waals surface area contributed by atoms with Crippen LogP contribution in [0.15, 0.2) is 12.4 Å². The lowest BCUT2D eigenvalue weighted by Crippen LogP contribution is -2.45. The number of nitrogens with zero attached hydrogens (tertiary/aromatic N) is 3. The monoisotopic (exact) mass is 223 g/mol. The second-order valence-electron chi connectivity index (χ2n) is 4.62. The van der Waals surface area contributed by atoms with Crippen molar-refractivity contribution in [2.24, 2.45) is 0 Å². The fourth-order valence-corrected chi connectivity index (χ4v) is 2.91. The quantitative estimate of drug-likeness (QED) is 0.774. The lowest BCUT2D eigenvalue weighted by atomic mass is 10.0. The summed E-state index contributed by atoms with van der Waals surface area (Å²) < 4.78 is 12.7. The topological polar surface area (TPSA) is 49.2 Å². The van der Waals surface area contributed by atoms with Gasteiger partial charge in [0.25, 0.3) is 0 Å². The maximum Gasteiger partial charge on any atom is 0.225 e. The van der Waals surface area contributed by atoms with Gasteiger partial charge in [-0.2, -0.15) is 0 Å². The minimum absolute atomic E-state index is 0.200. The molecule has 5 heteroatoms. The maximum atomic E-state index is 12.7. The van der Waals surface area contributed by atoms with E-state index in [9.17, 15) is 9.50 Å². The zero-order valence-electron chi connectivity index (χ0n) is 8.88. The SMILES string of the molecule is OC1CC2CCC(C1)N2c1ncc(F)cn1. The van der Waals surface area contributed by atoms with Gasteiger partial charge in [-0.25, -0.2) is 14.4 Å². The number of aliphatic hydroxyl groups is 1. The molecule has 0 aliphatic carbocycles. The molecule has 2 unspecified atom stereocenters. The van der Waals surface area contributed by atoms with Crippen molar-refractivity contribution in [1.82, 2.24) is 9.97 Å². The van der Waals surface area contributed by atoms with Crippen molar-refractivity contribution < 1.29 is 9.50 Å². The Labute approximate surface area is 93.1 Å². The molecule has 2 atom stereocenters. The fraction of sp³-hybridized carbons (Fsp3) is 0.636. The lowest BCUT2D eigenvalue weighted by Gasteiger charge is -2.37. The van der Waals surface area contributed by atoms with Crippen LogP contribution in [0.25, 0.3) is 0 Å². The van der Waals surface area contributed by atoms with Crippen LogP contribution in [0.4, 0.5) is 10.3 Å². The first-order valence-electron chi connectivity index (χ1n) is 5.68. The lowest BCUT2D eigenvalue weighted by molar-refractivity contribution is 0.125. The van der Waals surface area contributed by atoms with Crippen LogP contribution in [0.3, 0.4) is 0 Å². The third kappa shape index (κ3) is 1.55. The average molecular weight is 223 g/mol. The molecule has 0 saturated carbocycles. The van der Waals surface area contributed by atoms with Gasteiger partial charge in [0.1, 0.15) is 0 Å². The summed E-state index contributed by atoms with van der Waals surface area (Å²) in [6, 6.07) is 0.637. The molecule has 3 heterocycles. The van der Waals surface area contributed by atoms with Gasteiger partial charge in [-0.15, -0.1) is 0 Å². The van der Waals surface area contributed by atoms with Crippen molar-refractivity contribution in [3.8, 4) is 0 Å². The molecule has 0 radical (unpaired) electrons. The van der Waals surface area contributed by atoms with Crippen LogP contribution < -0.4 is 4.90 Å². The molecule has 4 nitrogen and oxygen atoms in total. The summed E-state index contributed by atoms with van der Waals surface area (Å²) in [5, 5.41) is 9.67. The van der Waals surface area contributed by atoms with Crippen LogP contribution in [0.2, 0.25) is 0 Å². The molecule has 1 aromatic rings. The largest absolute Gasteiger partial charge is 0.393 e. The zero-order chi connectivity index (χ0) is 11.1. The molecule has 16 heavy (non-hydrogen) atoms. The molecule has 86 valence electrons. The molecule has 0 aromatic carbocycles. The number of hydrogen-bond donors (Lipinski definition) is 1. The van der Waals surface area contributed by atoms with Crippen LogP contribution in [0.1, 0.15) is 25.7 Å². The second-order valence-corrected chi connectivity index (χ2v) is 4.62. The highest BCUT2D eigenvalue weighted by Gasteiger charge is 2.41. The number of fused-ring (bicyclic) bond motifs is 2. The second kappa shape index (κ2) is 3.66. The average Bonchev–Trinajstić information content (AvgIpc) is 2.54. The first-order valence-corrected chi connectivity index (χ1v) is 5.68. The van der Waals surface area contributed by atoms with E-state index in [-0.39, 0.29) is 6.10 Å². The molecule has 0 spiro atoms. The highest BCUT2D eigenvalue weighted by Crippen LogP contribution is 2.37. The predicted molar refractivity (Wildman–Crippen MR) is 56.5 cm³/mol. The zero-order valence-corrected chi connectivity index (χ0v) is 8.88. The van der Waals surface area contributed by atoms with Crippen molar-refractivity contribution >= 4 is 5.95 Å². The van der Waals surface area contributed by atoms with Crippen LogP contribution in [-0.4, -0.2) is 33.3 Å². The molecular formula is C11H14FN3O.